The number of benzene rings is 1. The molecule has 0 amide bonds. The number of hydrogen-bond donors (Lipinski definition) is 3. The average molecular weight is 261 g/mol. The fourth-order valence-corrected chi connectivity index (χ4v) is 4.51. The molecule has 2 aliphatic rings. The zero-order chi connectivity index (χ0) is 13.7. The highest BCUT2D eigenvalue weighted by Gasteiger charge is 2.52. The SMILES string of the molecule is CN[C@H]1CC[C@@]2(C)C[C@]1(CO)Cc1ccc(O)cc12. The van der Waals surface area contributed by atoms with E-state index in [1.807, 2.05) is 19.2 Å². The van der Waals surface area contributed by atoms with Gasteiger partial charge in [0.2, 0.25) is 0 Å². The van der Waals surface area contributed by atoms with Gasteiger partial charge in [0.25, 0.3) is 0 Å². The summed E-state index contributed by atoms with van der Waals surface area (Å²) in [4.78, 5) is 0. The van der Waals surface area contributed by atoms with E-state index in [1.54, 1.807) is 6.07 Å². The van der Waals surface area contributed by atoms with Crippen LogP contribution in [0, 0.1) is 5.41 Å². The van der Waals surface area contributed by atoms with Crippen LogP contribution in [0.2, 0.25) is 0 Å². The Labute approximate surface area is 114 Å². The Kier molecular flexibility index (Phi) is 2.88. The van der Waals surface area contributed by atoms with Crippen molar-refractivity contribution >= 4 is 0 Å². The summed E-state index contributed by atoms with van der Waals surface area (Å²) in [5.74, 6) is 0.354. The van der Waals surface area contributed by atoms with Crippen molar-refractivity contribution in [3.05, 3.63) is 29.3 Å². The number of fused-ring (bicyclic) bond motifs is 4. The molecule has 1 aromatic rings. The fourth-order valence-electron chi connectivity index (χ4n) is 4.51. The van der Waals surface area contributed by atoms with Gasteiger partial charge in [0.05, 0.1) is 6.61 Å². The first-order chi connectivity index (χ1) is 9.03. The van der Waals surface area contributed by atoms with Crippen LogP contribution in [-0.4, -0.2) is 29.9 Å². The number of aliphatic hydroxyl groups is 1. The molecule has 0 heterocycles. The van der Waals surface area contributed by atoms with E-state index in [1.165, 1.54) is 11.1 Å². The van der Waals surface area contributed by atoms with E-state index in [0.29, 0.717) is 11.8 Å². The summed E-state index contributed by atoms with van der Waals surface area (Å²) in [6.45, 7) is 2.51. The third-order valence-corrected chi connectivity index (χ3v) is 5.42. The smallest absolute Gasteiger partial charge is 0.115 e. The number of aromatic hydroxyl groups is 1. The van der Waals surface area contributed by atoms with Crippen molar-refractivity contribution in [2.45, 2.75) is 44.1 Å². The van der Waals surface area contributed by atoms with Crippen LogP contribution in [0.25, 0.3) is 0 Å². The van der Waals surface area contributed by atoms with Crippen LogP contribution in [0.3, 0.4) is 0 Å². The third kappa shape index (κ3) is 1.79. The number of nitrogens with one attached hydrogen (secondary N) is 1. The Morgan fingerprint density at radius 1 is 1.42 bits per heavy atom. The van der Waals surface area contributed by atoms with Crippen LogP contribution in [-0.2, 0) is 11.8 Å². The van der Waals surface area contributed by atoms with Gasteiger partial charge in [-0.05, 0) is 61.4 Å². The minimum absolute atomic E-state index is 0.0499. The molecule has 3 atom stereocenters. The monoisotopic (exact) mass is 261 g/mol. The van der Waals surface area contributed by atoms with E-state index in [-0.39, 0.29) is 17.4 Å². The van der Waals surface area contributed by atoms with Gasteiger partial charge < -0.3 is 15.5 Å². The molecule has 0 unspecified atom stereocenters. The van der Waals surface area contributed by atoms with Gasteiger partial charge >= 0.3 is 0 Å². The first-order valence-electron chi connectivity index (χ1n) is 7.13. The van der Waals surface area contributed by atoms with Crippen molar-refractivity contribution in [3.8, 4) is 5.75 Å². The molecule has 2 bridgehead atoms. The van der Waals surface area contributed by atoms with E-state index in [9.17, 15) is 10.2 Å². The molecule has 3 rings (SSSR count). The lowest BCUT2D eigenvalue weighted by molar-refractivity contribution is 0.00600. The van der Waals surface area contributed by atoms with Gasteiger partial charge in [0.1, 0.15) is 5.75 Å². The van der Waals surface area contributed by atoms with Gasteiger partial charge in [-0.1, -0.05) is 13.0 Å². The Morgan fingerprint density at radius 3 is 2.89 bits per heavy atom. The molecule has 0 saturated heterocycles. The lowest BCUT2D eigenvalue weighted by atomic mass is 9.52. The molecule has 3 heteroatoms. The summed E-state index contributed by atoms with van der Waals surface area (Å²) in [5.41, 5.74) is 2.61. The number of aliphatic hydroxyl groups excluding tert-OH is 1. The lowest BCUT2D eigenvalue weighted by Crippen LogP contribution is -2.57. The number of rotatable bonds is 2. The molecule has 0 aliphatic heterocycles. The second-order valence-electron chi connectivity index (χ2n) is 6.66. The van der Waals surface area contributed by atoms with Crippen LogP contribution in [0.5, 0.6) is 5.75 Å². The zero-order valence-corrected chi connectivity index (χ0v) is 11.7. The van der Waals surface area contributed by atoms with Gasteiger partial charge in [0.15, 0.2) is 0 Å². The topological polar surface area (TPSA) is 52.5 Å². The quantitative estimate of drug-likeness (QED) is 0.763. The van der Waals surface area contributed by atoms with E-state index >= 15 is 0 Å². The summed E-state index contributed by atoms with van der Waals surface area (Å²) >= 11 is 0. The maximum atomic E-state index is 10.00. The highest BCUT2D eigenvalue weighted by Crippen LogP contribution is 2.54. The van der Waals surface area contributed by atoms with E-state index in [4.69, 9.17) is 0 Å². The number of phenolic OH excluding ortho intramolecular Hbond substituents is 1. The molecule has 1 saturated carbocycles. The summed E-state index contributed by atoms with van der Waals surface area (Å²) in [5, 5.41) is 23.2. The van der Waals surface area contributed by atoms with Crippen molar-refractivity contribution in [3.63, 3.8) is 0 Å². The molecule has 0 radical (unpaired) electrons. The number of hydrogen-bond acceptors (Lipinski definition) is 3. The molecule has 0 aromatic heterocycles. The summed E-state index contributed by atoms with van der Waals surface area (Å²) < 4.78 is 0. The molecule has 3 N–H and O–H groups in total. The van der Waals surface area contributed by atoms with Crippen molar-refractivity contribution in [2.24, 2.45) is 5.41 Å². The van der Waals surface area contributed by atoms with E-state index in [2.05, 4.69) is 12.2 Å². The van der Waals surface area contributed by atoms with E-state index < -0.39 is 0 Å². The standard InChI is InChI=1S/C16H23NO2/c1-15-6-5-14(17-2)16(9-15,10-18)8-11-3-4-12(19)7-13(11)15/h3-4,7,14,17-19H,5-6,8-10H2,1-2H3/t14-,15-,16-/m0/s1. The van der Waals surface area contributed by atoms with Crippen molar-refractivity contribution in [1.29, 1.82) is 0 Å². The molecule has 2 aliphatic carbocycles. The van der Waals surface area contributed by atoms with Crippen LogP contribution in [0.1, 0.15) is 37.3 Å². The van der Waals surface area contributed by atoms with Crippen molar-refractivity contribution in [2.75, 3.05) is 13.7 Å². The molecule has 1 aromatic carbocycles. The third-order valence-electron chi connectivity index (χ3n) is 5.42. The lowest BCUT2D eigenvalue weighted by Gasteiger charge is -2.55. The first-order valence-corrected chi connectivity index (χ1v) is 7.13. The number of phenols is 1. The van der Waals surface area contributed by atoms with Crippen LogP contribution in [0.15, 0.2) is 18.2 Å². The molecule has 3 nitrogen and oxygen atoms in total. The van der Waals surface area contributed by atoms with Crippen LogP contribution in [0.4, 0.5) is 0 Å². The van der Waals surface area contributed by atoms with Gasteiger partial charge in [0, 0.05) is 11.5 Å². The molecule has 104 valence electrons. The Morgan fingerprint density at radius 2 is 2.21 bits per heavy atom. The average Bonchev–Trinajstić information content (AvgIpc) is 2.40. The molecule has 1 fully saturated rings. The van der Waals surface area contributed by atoms with Gasteiger partial charge in [-0.15, -0.1) is 0 Å². The van der Waals surface area contributed by atoms with Crippen LogP contribution >= 0.6 is 0 Å². The largest absolute Gasteiger partial charge is 0.508 e. The predicted octanol–water partition coefficient (Wildman–Crippen LogP) is 1.96. The van der Waals surface area contributed by atoms with Crippen molar-refractivity contribution < 1.29 is 10.2 Å². The molecule has 0 spiro atoms. The van der Waals surface area contributed by atoms with Gasteiger partial charge in [-0.3, -0.25) is 0 Å². The Balaban J connectivity index is 2.12. The Hall–Kier alpha value is -1.06. The summed E-state index contributed by atoms with van der Waals surface area (Å²) in [7, 11) is 2.00. The second-order valence-corrected chi connectivity index (χ2v) is 6.66. The minimum atomic E-state index is -0.0499. The maximum absolute atomic E-state index is 10.00. The van der Waals surface area contributed by atoms with Gasteiger partial charge in [-0.25, -0.2) is 0 Å². The summed E-state index contributed by atoms with van der Waals surface area (Å²) in [6.07, 6.45) is 4.10. The summed E-state index contributed by atoms with van der Waals surface area (Å²) in [6, 6.07) is 6.11. The fraction of sp³-hybridized carbons (Fsp3) is 0.625. The van der Waals surface area contributed by atoms with Gasteiger partial charge in [-0.2, -0.15) is 0 Å². The normalized spacial score (nSPS) is 36.9. The highest BCUT2D eigenvalue weighted by molar-refractivity contribution is 5.44. The second kappa shape index (κ2) is 4.22. The highest BCUT2D eigenvalue weighted by atomic mass is 16.3. The van der Waals surface area contributed by atoms with E-state index in [0.717, 1.165) is 25.7 Å². The molecule has 19 heavy (non-hydrogen) atoms. The van der Waals surface area contributed by atoms with Crippen molar-refractivity contribution in [1.82, 2.24) is 5.32 Å². The maximum Gasteiger partial charge on any atom is 0.115 e. The van der Waals surface area contributed by atoms with Crippen LogP contribution < -0.4 is 5.32 Å². The zero-order valence-electron chi connectivity index (χ0n) is 11.7. The molecular weight excluding hydrogens is 238 g/mol. The predicted molar refractivity (Wildman–Crippen MR) is 75.4 cm³/mol. The molecular formula is C16H23NO2. The minimum Gasteiger partial charge on any atom is -0.508 e. The first kappa shape index (κ1) is 12.9. The Bertz CT molecular complexity index is 502.